The van der Waals surface area contributed by atoms with Crippen LogP contribution >= 0.6 is 0 Å². The summed E-state index contributed by atoms with van der Waals surface area (Å²) in [5.74, 6) is 0.504. The first-order valence-corrected chi connectivity index (χ1v) is 32.8. The third kappa shape index (κ3) is 9.66. The molecule has 14 aromatic carbocycles. The van der Waals surface area contributed by atoms with Crippen molar-refractivity contribution < 1.29 is 0 Å². The second-order valence-corrected chi connectivity index (χ2v) is 25.0. The van der Waals surface area contributed by atoms with E-state index in [2.05, 4.69) is 390 Å². The van der Waals surface area contributed by atoms with E-state index in [4.69, 9.17) is 0 Å². The lowest BCUT2D eigenvalue weighted by Crippen LogP contribution is -2.61. The summed E-state index contributed by atoms with van der Waals surface area (Å²) < 4.78 is 0. The number of hydrogen-bond donors (Lipinski definition) is 0. The summed E-state index contributed by atoms with van der Waals surface area (Å²) in [6.07, 6.45) is 0. The molecule has 0 saturated carbocycles. The molecule has 18 rings (SSSR count). The van der Waals surface area contributed by atoms with Gasteiger partial charge in [-0.05, 0) is 188 Å². The normalized spacial score (nSPS) is 12.8. The van der Waals surface area contributed by atoms with Crippen molar-refractivity contribution >= 4 is 132 Å². The average Bonchev–Trinajstić information content (AvgIpc) is 0.708. The summed E-state index contributed by atoms with van der Waals surface area (Å²) in [6.45, 7) is 4.69. The molecule has 0 fully saturated rings. The molecule has 444 valence electrons. The summed E-state index contributed by atoms with van der Waals surface area (Å²) >= 11 is 0. The first-order valence-electron chi connectivity index (χ1n) is 32.8. The van der Waals surface area contributed by atoms with Gasteiger partial charge in [-0.1, -0.05) is 244 Å². The van der Waals surface area contributed by atoms with E-state index in [1.54, 1.807) is 0 Å². The minimum absolute atomic E-state index is 0.0887. The van der Waals surface area contributed by atoms with Crippen molar-refractivity contribution in [3.8, 4) is 22.3 Å². The average molecular weight is 1200 g/mol. The number of fused-ring (bicyclic) bond motifs is 8. The molecule has 0 bridgehead atoms. The third-order valence-corrected chi connectivity index (χ3v) is 19.2. The van der Waals surface area contributed by atoms with Gasteiger partial charge < -0.3 is 24.5 Å². The fourth-order valence-electron chi connectivity index (χ4n) is 15.0. The smallest absolute Gasteiger partial charge is 0.252 e. The predicted octanol–water partition coefficient (Wildman–Crippen LogP) is 19.5. The van der Waals surface area contributed by atoms with E-state index < -0.39 is 0 Å². The van der Waals surface area contributed by atoms with Gasteiger partial charge in [-0.25, -0.2) is 0 Å². The van der Waals surface area contributed by atoms with Gasteiger partial charge in [0.2, 0.25) is 0 Å². The Labute approximate surface area is 552 Å². The van der Waals surface area contributed by atoms with E-state index in [-0.39, 0.29) is 13.4 Å². The van der Waals surface area contributed by atoms with E-state index in [0.29, 0.717) is 5.92 Å². The maximum atomic E-state index is 2.49. The number of anilines is 15. The Morgan fingerprint density at radius 3 is 1.05 bits per heavy atom. The van der Waals surface area contributed by atoms with Gasteiger partial charge in [0.1, 0.15) is 0 Å². The van der Waals surface area contributed by atoms with E-state index in [1.165, 1.54) is 112 Å². The highest BCUT2D eigenvalue weighted by Gasteiger charge is 2.45. The quantitative estimate of drug-likeness (QED) is 0.127. The molecule has 0 amide bonds. The summed E-state index contributed by atoms with van der Waals surface area (Å²) in [7, 11) is 0. The molecule has 0 aliphatic carbocycles. The first kappa shape index (κ1) is 56.2. The van der Waals surface area contributed by atoms with Gasteiger partial charge in [-0.15, -0.1) is 0 Å². The molecule has 7 heteroatoms. The highest BCUT2D eigenvalue weighted by molar-refractivity contribution is 7.01. The largest absolute Gasteiger partial charge is 0.311 e. The number of benzene rings is 14. The lowest BCUT2D eigenvalue weighted by atomic mass is 9.33. The Morgan fingerprint density at radius 2 is 0.564 bits per heavy atom. The van der Waals surface area contributed by atoms with Crippen molar-refractivity contribution in [2.75, 3.05) is 24.5 Å². The van der Waals surface area contributed by atoms with E-state index in [1.807, 2.05) is 0 Å². The molecule has 0 aromatic heterocycles. The number of rotatable bonds is 10. The summed E-state index contributed by atoms with van der Waals surface area (Å²) in [5.41, 5.74) is 31.8. The summed E-state index contributed by atoms with van der Waals surface area (Å²) in [6, 6.07) is 128. The Bertz CT molecular complexity index is 4940. The highest BCUT2D eigenvalue weighted by atomic mass is 15.2. The van der Waals surface area contributed by atoms with Crippen LogP contribution in [0.15, 0.2) is 352 Å². The highest BCUT2D eigenvalue weighted by Crippen LogP contribution is 2.49. The van der Waals surface area contributed by atoms with Crippen LogP contribution in [0.4, 0.5) is 85.3 Å². The lowest BCUT2D eigenvalue weighted by Gasteiger charge is -2.45. The van der Waals surface area contributed by atoms with Gasteiger partial charge in [-0.3, -0.25) is 0 Å². The topological polar surface area (TPSA) is 16.2 Å². The zero-order chi connectivity index (χ0) is 62.6. The number of nitrogens with zero attached hydrogens (tertiary/aromatic N) is 5. The van der Waals surface area contributed by atoms with Crippen LogP contribution in [0.1, 0.15) is 25.3 Å². The molecule has 0 radical (unpaired) electrons. The Kier molecular flexibility index (Phi) is 14.2. The van der Waals surface area contributed by atoms with E-state index in [9.17, 15) is 0 Å². The van der Waals surface area contributed by atoms with Gasteiger partial charge in [0.05, 0.1) is 5.69 Å². The molecule has 0 atom stereocenters. The molecular weight excluding hydrogens is 1140 g/mol. The molecule has 0 N–H and O–H groups in total. The second kappa shape index (κ2) is 23.8. The summed E-state index contributed by atoms with van der Waals surface area (Å²) in [4.78, 5) is 12.2. The summed E-state index contributed by atoms with van der Waals surface area (Å²) in [5, 5.41) is 0. The SMILES string of the molecule is CC(C)c1ccc(-c2ccc3c(c2)B2c4ccccc4N(c4ccccc4)c4cccc(c42)N3c2cccc(-c3ccccc3)c2)cc1.c1ccc(N(c2ccccc2)c2cc3c4c(c2)N(c2ccccc2)c2ccccc2B4c2ccccc2N3c2ccccc2)cc1. The lowest BCUT2D eigenvalue weighted by molar-refractivity contribution is 0.867. The van der Waals surface area contributed by atoms with Crippen molar-refractivity contribution in [3.05, 3.63) is 357 Å². The molecule has 0 unspecified atom stereocenters. The monoisotopic (exact) mass is 1200 g/mol. The van der Waals surface area contributed by atoms with Gasteiger partial charge in [-0.2, -0.15) is 0 Å². The predicted molar refractivity (Wildman–Crippen MR) is 401 cm³/mol. The van der Waals surface area contributed by atoms with Crippen molar-refractivity contribution in [3.63, 3.8) is 0 Å². The van der Waals surface area contributed by atoms with Crippen molar-refractivity contribution in [1.82, 2.24) is 0 Å². The van der Waals surface area contributed by atoms with E-state index in [0.717, 1.165) is 34.1 Å². The third-order valence-electron chi connectivity index (χ3n) is 19.2. The zero-order valence-corrected chi connectivity index (χ0v) is 52.5. The fraction of sp³-hybridized carbons (Fsp3) is 0.0345. The van der Waals surface area contributed by atoms with Crippen LogP contribution in [-0.2, 0) is 0 Å². The van der Waals surface area contributed by atoms with Crippen LogP contribution in [0.2, 0.25) is 0 Å². The standard InChI is InChI=1S/C45H35BN2.C42H30BN3/c1-31(2)32-23-25-34(26-24-32)36-27-28-42-40(30-36)46-39-19-9-10-20-41(39)47(37-16-7-4-8-17-37)43-21-12-22-44(45(43)46)48(42)38-18-11-15-35(29-38)33-13-5-3-6-14-33;1-5-17-31(18-6-1)44(32-19-7-2-8-20-32)35-29-40-42-41(30-35)46(34-23-11-4-12-24-34)39-28-16-14-26-37(39)43(42)36-25-13-15-27-38(36)45(40)33-21-9-3-10-22-33/h3-31H,1-2H3;1-30H. The minimum Gasteiger partial charge on any atom is -0.311 e. The number of para-hydroxylation sites is 8. The Hall–Kier alpha value is -11.8. The van der Waals surface area contributed by atoms with E-state index >= 15 is 0 Å². The van der Waals surface area contributed by atoms with Gasteiger partial charge >= 0.3 is 0 Å². The van der Waals surface area contributed by atoms with Crippen LogP contribution in [-0.4, -0.2) is 13.4 Å². The van der Waals surface area contributed by atoms with Crippen LogP contribution < -0.4 is 57.3 Å². The van der Waals surface area contributed by atoms with Crippen LogP contribution in [0.5, 0.6) is 0 Å². The molecule has 94 heavy (non-hydrogen) atoms. The van der Waals surface area contributed by atoms with Crippen molar-refractivity contribution in [2.45, 2.75) is 19.8 Å². The molecule has 4 aliphatic rings. The first-order chi connectivity index (χ1) is 46.5. The maximum absolute atomic E-state index is 2.49. The molecular formula is C87H65B2N5. The van der Waals surface area contributed by atoms with Crippen LogP contribution in [0, 0.1) is 0 Å². The zero-order valence-electron chi connectivity index (χ0n) is 52.5. The van der Waals surface area contributed by atoms with Crippen LogP contribution in [0.25, 0.3) is 22.3 Å². The minimum atomic E-state index is 0.0887. The van der Waals surface area contributed by atoms with Crippen molar-refractivity contribution in [1.29, 1.82) is 0 Å². The maximum Gasteiger partial charge on any atom is 0.252 e. The molecule has 4 heterocycles. The Morgan fingerprint density at radius 1 is 0.234 bits per heavy atom. The van der Waals surface area contributed by atoms with Gasteiger partial charge in [0, 0.05) is 79.6 Å². The fourth-order valence-corrected chi connectivity index (χ4v) is 15.0. The van der Waals surface area contributed by atoms with Gasteiger partial charge in [0.15, 0.2) is 0 Å². The number of hydrogen-bond acceptors (Lipinski definition) is 5. The Balaban J connectivity index is 0.000000143. The molecule has 0 saturated heterocycles. The molecule has 0 spiro atoms. The second-order valence-electron chi connectivity index (χ2n) is 25.0. The van der Waals surface area contributed by atoms with Gasteiger partial charge in [0.25, 0.3) is 13.4 Å². The molecule has 4 aliphatic heterocycles. The van der Waals surface area contributed by atoms with Crippen molar-refractivity contribution in [2.24, 2.45) is 0 Å². The van der Waals surface area contributed by atoms with Crippen LogP contribution in [0.3, 0.4) is 0 Å². The molecule has 14 aromatic rings. The molecule has 5 nitrogen and oxygen atoms in total.